The maximum atomic E-state index is 5.20. The summed E-state index contributed by atoms with van der Waals surface area (Å²) in [5.41, 5.74) is 2.22. The van der Waals surface area contributed by atoms with Gasteiger partial charge in [0, 0.05) is 44.5 Å². The number of aromatic amines is 1. The van der Waals surface area contributed by atoms with Crippen molar-refractivity contribution >= 4 is 35.6 Å². The molecule has 164 valence electrons. The molecule has 0 amide bonds. The average Bonchev–Trinajstić information content (AvgIpc) is 3.29. The van der Waals surface area contributed by atoms with E-state index in [0.29, 0.717) is 12.4 Å². The minimum Gasteiger partial charge on any atom is -0.497 e. The fraction of sp³-hybridized carbons (Fsp3) is 0.318. The predicted octanol–water partition coefficient (Wildman–Crippen LogP) is 3.00. The lowest BCUT2D eigenvalue weighted by molar-refractivity contribution is 0.372. The summed E-state index contributed by atoms with van der Waals surface area (Å²) < 4.78 is 5.20. The maximum Gasteiger partial charge on any atom is 0.194 e. The molecule has 4 rings (SSSR count). The van der Waals surface area contributed by atoms with Crippen LogP contribution in [0.3, 0.4) is 0 Å². The zero-order chi connectivity index (χ0) is 20.8. The third-order valence-electron chi connectivity index (χ3n) is 5.21. The van der Waals surface area contributed by atoms with E-state index >= 15 is 0 Å². The molecule has 0 aliphatic carbocycles. The summed E-state index contributed by atoms with van der Waals surface area (Å²) in [6.45, 7) is 4.31. The molecule has 1 fully saturated rings. The Kier molecular flexibility index (Phi) is 8.10. The highest BCUT2D eigenvalue weighted by molar-refractivity contribution is 14.0. The van der Waals surface area contributed by atoms with E-state index in [4.69, 9.17) is 4.74 Å². The van der Waals surface area contributed by atoms with Gasteiger partial charge in [0.15, 0.2) is 11.8 Å². The third kappa shape index (κ3) is 5.66. The number of nitrogens with zero attached hydrogens (tertiary/aromatic N) is 5. The van der Waals surface area contributed by atoms with Gasteiger partial charge in [0.2, 0.25) is 0 Å². The van der Waals surface area contributed by atoms with Crippen LogP contribution >= 0.6 is 24.0 Å². The topological polar surface area (TPSA) is 81.7 Å². The normalized spacial score (nSPS) is 14.2. The molecule has 2 aromatic carbocycles. The first kappa shape index (κ1) is 22.9. The molecule has 1 aliphatic heterocycles. The predicted molar refractivity (Wildman–Crippen MR) is 134 cm³/mol. The molecule has 0 unspecified atom stereocenters. The number of aliphatic imine (C=N–C) groups is 1. The monoisotopic (exact) mass is 533 g/mol. The zero-order valence-corrected chi connectivity index (χ0v) is 20.1. The van der Waals surface area contributed by atoms with Gasteiger partial charge in [-0.1, -0.05) is 18.2 Å². The number of aromatic nitrogens is 3. The van der Waals surface area contributed by atoms with Crippen LogP contribution in [0.15, 0.2) is 59.6 Å². The van der Waals surface area contributed by atoms with Crippen LogP contribution in [-0.2, 0) is 6.54 Å². The van der Waals surface area contributed by atoms with Crippen molar-refractivity contribution in [3.8, 4) is 17.1 Å². The van der Waals surface area contributed by atoms with Gasteiger partial charge in [0.1, 0.15) is 11.6 Å². The van der Waals surface area contributed by atoms with Crippen molar-refractivity contribution in [3.63, 3.8) is 0 Å². The van der Waals surface area contributed by atoms with Crippen molar-refractivity contribution in [2.45, 2.75) is 6.54 Å². The van der Waals surface area contributed by atoms with Crippen LogP contribution in [-0.4, -0.2) is 66.4 Å². The molecule has 2 heterocycles. The highest BCUT2D eigenvalue weighted by atomic mass is 127. The van der Waals surface area contributed by atoms with Crippen LogP contribution < -0.4 is 15.0 Å². The number of guanidine groups is 1. The van der Waals surface area contributed by atoms with Gasteiger partial charge in [-0.3, -0.25) is 10.1 Å². The Morgan fingerprint density at radius 3 is 2.42 bits per heavy atom. The van der Waals surface area contributed by atoms with Crippen LogP contribution in [0, 0.1) is 0 Å². The summed E-state index contributed by atoms with van der Waals surface area (Å²) in [5.74, 6) is 3.13. The number of ether oxygens (including phenoxy) is 1. The lowest BCUT2D eigenvalue weighted by Gasteiger charge is -2.37. The van der Waals surface area contributed by atoms with Gasteiger partial charge in [-0.2, -0.15) is 5.10 Å². The van der Waals surface area contributed by atoms with E-state index < -0.39 is 0 Å². The second-order valence-electron chi connectivity index (χ2n) is 7.04. The van der Waals surface area contributed by atoms with Crippen molar-refractivity contribution in [1.82, 2.24) is 25.4 Å². The molecule has 0 atom stereocenters. The smallest absolute Gasteiger partial charge is 0.194 e. The summed E-state index contributed by atoms with van der Waals surface area (Å²) in [7, 11) is 3.47. The van der Waals surface area contributed by atoms with Crippen molar-refractivity contribution in [1.29, 1.82) is 0 Å². The Morgan fingerprint density at radius 2 is 1.77 bits per heavy atom. The Morgan fingerprint density at radius 1 is 1.06 bits per heavy atom. The molecule has 0 spiro atoms. The molecule has 1 saturated heterocycles. The molecule has 1 aromatic heterocycles. The van der Waals surface area contributed by atoms with Crippen LogP contribution in [0.1, 0.15) is 5.82 Å². The standard InChI is InChI=1S/C22H27N7O.HI/c1-23-22(29-14-12-28(13-15-29)18-6-4-3-5-7-18)24-16-20-25-21(27-26-20)17-8-10-19(30-2)11-9-17;/h3-11H,12-16H2,1-2H3,(H,23,24)(H,25,26,27);1H. The van der Waals surface area contributed by atoms with Gasteiger partial charge >= 0.3 is 0 Å². The lowest BCUT2D eigenvalue weighted by Crippen LogP contribution is -2.52. The average molecular weight is 533 g/mol. The summed E-state index contributed by atoms with van der Waals surface area (Å²) in [4.78, 5) is 13.7. The number of anilines is 1. The van der Waals surface area contributed by atoms with Crippen molar-refractivity contribution in [2.75, 3.05) is 45.2 Å². The van der Waals surface area contributed by atoms with Gasteiger partial charge < -0.3 is 19.9 Å². The Bertz CT molecular complexity index is 967. The first-order chi connectivity index (χ1) is 14.8. The highest BCUT2D eigenvalue weighted by Gasteiger charge is 2.20. The van der Waals surface area contributed by atoms with Gasteiger partial charge in [-0.25, -0.2) is 4.98 Å². The molecule has 1 aliphatic rings. The highest BCUT2D eigenvalue weighted by Crippen LogP contribution is 2.19. The van der Waals surface area contributed by atoms with Gasteiger partial charge in [0.25, 0.3) is 0 Å². The van der Waals surface area contributed by atoms with E-state index in [1.807, 2.05) is 31.3 Å². The number of benzene rings is 2. The Balaban J connectivity index is 0.00000272. The first-order valence-electron chi connectivity index (χ1n) is 10.1. The molecular weight excluding hydrogens is 505 g/mol. The van der Waals surface area contributed by atoms with Crippen LogP contribution in [0.2, 0.25) is 0 Å². The second-order valence-corrected chi connectivity index (χ2v) is 7.04. The molecule has 3 aromatic rings. The number of hydrogen-bond acceptors (Lipinski definition) is 5. The number of para-hydroxylation sites is 1. The molecule has 0 radical (unpaired) electrons. The van der Waals surface area contributed by atoms with Crippen LogP contribution in [0.4, 0.5) is 5.69 Å². The number of hydrogen-bond donors (Lipinski definition) is 2. The summed E-state index contributed by atoms with van der Waals surface area (Å²) in [6.07, 6.45) is 0. The zero-order valence-electron chi connectivity index (χ0n) is 17.8. The van der Waals surface area contributed by atoms with E-state index in [1.54, 1.807) is 7.11 Å². The molecule has 0 bridgehead atoms. The Labute approximate surface area is 199 Å². The Hall–Kier alpha value is -2.82. The van der Waals surface area contributed by atoms with Gasteiger partial charge in [-0.05, 0) is 36.4 Å². The fourth-order valence-electron chi connectivity index (χ4n) is 3.55. The fourth-order valence-corrected chi connectivity index (χ4v) is 3.55. The number of nitrogens with one attached hydrogen (secondary N) is 2. The maximum absolute atomic E-state index is 5.20. The van der Waals surface area contributed by atoms with Gasteiger partial charge in [-0.15, -0.1) is 24.0 Å². The third-order valence-corrected chi connectivity index (χ3v) is 5.21. The molecular formula is C22H28IN7O. The minimum absolute atomic E-state index is 0. The molecule has 31 heavy (non-hydrogen) atoms. The summed E-state index contributed by atoms with van der Waals surface area (Å²) in [6, 6.07) is 18.2. The molecule has 9 heteroatoms. The number of halogens is 1. The molecule has 8 nitrogen and oxygen atoms in total. The van der Waals surface area contributed by atoms with Crippen molar-refractivity contribution < 1.29 is 4.74 Å². The van der Waals surface area contributed by atoms with Gasteiger partial charge in [0.05, 0.1) is 13.7 Å². The molecule has 2 N–H and O–H groups in total. The van der Waals surface area contributed by atoms with Crippen molar-refractivity contribution in [2.24, 2.45) is 4.99 Å². The first-order valence-corrected chi connectivity index (χ1v) is 10.1. The van der Waals surface area contributed by atoms with Crippen LogP contribution in [0.5, 0.6) is 5.75 Å². The van der Waals surface area contributed by atoms with E-state index in [2.05, 4.69) is 65.6 Å². The van der Waals surface area contributed by atoms with Crippen LogP contribution in [0.25, 0.3) is 11.4 Å². The molecule has 0 saturated carbocycles. The summed E-state index contributed by atoms with van der Waals surface area (Å²) in [5, 5.41) is 10.7. The SMILES string of the molecule is CN=C(NCc1nc(-c2ccc(OC)cc2)n[nH]1)N1CCN(c2ccccc2)CC1.I. The number of rotatable bonds is 5. The van der Waals surface area contributed by atoms with E-state index in [-0.39, 0.29) is 24.0 Å². The minimum atomic E-state index is 0. The largest absolute Gasteiger partial charge is 0.497 e. The van der Waals surface area contributed by atoms with E-state index in [0.717, 1.165) is 49.3 Å². The van der Waals surface area contributed by atoms with E-state index in [1.165, 1.54) is 5.69 Å². The second kappa shape index (κ2) is 11.0. The quantitative estimate of drug-likeness (QED) is 0.298. The number of piperazine rings is 1. The van der Waals surface area contributed by atoms with Crippen molar-refractivity contribution in [3.05, 3.63) is 60.4 Å². The number of H-pyrrole nitrogens is 1. The lowest BCUT2D eigenvalue weighted by atomic mass is 10.2. The van der Waals surface area contributed by atoms with E-state index in [9.17, 15) is 0 Å². The number of methoxy groups -OCH3 is 1. The summed E-state index contributed by atoms with van der Waals surface area (Å²) >= 11 is 0.